The molecular weight excluding hydrogens is 220 g/mol. The minimum absolute atomic E-state index is 0.140. The predicted octanol–water partition coefficient (Wildman–Crippen LogP) is 4.33. The number of aryl methyl sites for hydroxylation is 1. The first-order valence-corrected chi connectivity index (χ1v) is 6.06. The Balaban J connectivity index is 2.26. The second kappa shape index (κ2) is 4.84. The van der Waals surface area contributed by atoms with E-state index in [0.717, 1.165) is 30.4 Å². The summed E-state index contributed by atoms with van der Waals surface area (Å²) >= 11 is 6.03. The van der Waals surface area contributed by atoms with E-state index in [4.69, 9.17) is 11.6 Å². The Labute approximate surface area is 101 Å². The van der Waals surface area contributed by atoms with E-state index in [0.29, 0.717) is 10.6 Å². The van der Waals surface area contributed by atoms with Crippen LogP contribution in [0.1, 0.15) is 41.6 Å². The maximum atomic E-state index is 12.1. The van der Waals surface area contributed by atoms with Gasteiger partial charge in [-0.25, -0.2) is 0 Å². The van der Waals surface area contributed by atoms with Crippen molar-refractivity contribution in [3.63, 3.8) is 0 Å². The zero-order valence-electron chi connectivity index (χ0n) is 9.42. The Kier molecular flexibility index (Phi) is 3.45. The molecule has 1 aliphatic carbocycles. The van der Waals surface area contributed by atoms with Crippen LogP contribution in [-0.4, -0.2) is 5.78 Å². The van der Waals surface area contributed by atoms with Gasteiger partial charge in [-0.3, -0.25) is 4.79 Å². The molecule has 1 aromatic carbocycles. The van der Waals surface area contributed by atoms with Gasteiger partial charge < -0.3 is 0 Å². The van der Waals surface area contributed by atoms with Crippen molar-refractivity contribution in [1.29, 1.82) is 0 Å². The molecule has 0 heterocycles. The molecule has 0 aliphatic heterocycles. The molecule has 0 saturated heterocycles. The van der Waals surface area contributed by atoms with Crippen LogP contribution in [0.25, 0.3) is 0 Å². The van der Waals surface area contributed by atoms with Crippen molar-refractivity contribution in [3.8, 4) is 0 Å². The van der Waals surface area contributed by atoms with Gasteiger partial charge in [0.15, 0.2) is 5.78 Å². The Morgan fingerprint density at radius 2 is 2.12 bits per heavy atom. The average molecular weight is 235 g/mol. The summed E-state index contributed by atoms with van der Waals surface area (Å²) in [5, 5.41) is 0.669. The predicted molar refractivity (Wildman–Crippen MR) is 67.1 cm³/mol. The maximum Gasteiger partial charge on any atom is 0.188 e. The highest BCUT2D eigenvalue weighted by atomic mass is 35.5. The molecule has 0 fully saturated rings. The summed E-state index contributed by atoms with van der Waals surface area (Å²) in [6.07, 6.45) is 6.33. The minimum atomic E-state index is 0.140. The van der Waals surface area contributed by atoms with Gasteiger partial charge >= 0.3 is 0 Å². The first-order valence-electron chi connectivity index (χ1n) is 5.68. The first kappa shape index (κ1) is 11.4. The van der Waals surface area contributed by atoms with E-state index in [1.54, 1.807) is 6.07 Å². The molecule has 0 aromatic heterocycles. The number of Topliss-reactive ketones (excluding diaryl/α,β-unsaturated/α-hetero) is 1. The Morgan fingerprint density at radius 3 is 2.75 bits per heavy atom. The van der Waals surface area contributed by atoms with Gasteiger partial charge in [-0.05, 0) is 49.8 Å². The lowest BCUT2D eigenvalue weighted by molar-refractivity contribution is 0.102. The molecule has 0 unspecified atom stereocenters. The van der Waals surface area contributed by atoms with Gasteiger partial charge in [0.25, 0.3) is 0 Å². The van der Waals surface area contributed by atoms with Crippen LogP contribution >= 0.6 is 11.6 Å². The summed E-state index contributed by atoms with van der Waals surface area (Å²) < 4.78 is 0. The van der Waals surface area contributed by atoms with Gasteiger partial charge in [-0.1, -0.05) is 29.8 Å². The van der Waals surface area contributed by atoms with Crippen molar-refractivity contribution in [1.82, 2.24) is 0 Å². The largest absolute Gasteiger partial charge is 0.289 e. The minimum Gasteiger partial charge on any atom is -0.289 e. The molecule has 0 radical (unpaired) electrons. The van der Waals surface area contributed by atoms with E-state index in [2.05, 4.69) is 6.08 Å². The van der Waals surface area contributed by atoms with Crippen LogP contribution in [0.2, 0.25) is 5.02 Å². The van der Waals surface area contributed by atoms with Crippen LogP contribution in [-0.2, 0) is 0 Å². The molecule has 16 heavy (non-hydrogen) atoms. The molecular formula is C14H15ClO. The van der Waals surface area contributed by atoms with Crippen molar-refractivity contribution in [2.24, 2.45) is 0 Å². The fourth-order valence-electron chi connectivity index (χ4n) is 1.96. The van der Waals surface area contributed by atoms with Crippen LogP contribution in [0.15, 0.2) is 29.8 Å². The Morgan fingerprint density at radius 1 is 1.31 bits per heavy atom. The first-order chi connectivity index (χ1) is 7.68. The van der Waals surface area contributed by atoms with Crippen LogP contribution in [0, 0.1) is 6.92 Å². The number of hydrogen-bond acceptors (Lipinski definition) is 1. The van der Waals surface area contributed by atoms with Gasteiger partial charge in [-0.2, -0.15) is 0 Å². The molecule has 0 saturated carbocycles. The van der Waals surface area contributed by atoms with Gasteiger partial charge in [0.1, 0.15) is 0 Å². The molecule has 0 N–H and O–H groups in total. The van der Waals surface area contributed by atoms with Crippen molar-refractivity contribution >= 4 is 17.4 Å². The molecule has 2 heteroatoms. The molecule has 84 valence electrons. The lowest BCUT2D eigenvalue weighted by Gasteiger charge is -2.11. The number of halogens is 1. The molecule has 0 atom stereocenters. The van der Waals surface area contributed by atoms with Crippen LogP contribution in [0.3, 0.4) is 0 Å². The van der Waals surface area contributed by atoms with Gasteiger partial charge in [0.05, 0.1) is 0 Å². The van der Waals surface area contributed by atoms with E-state index < -0.39 is 0 Å². The number of rotatable bonds is 2. The second-order valence-electron chi connectivity index (χ2n) is 4.27. The number of benzene rings is 1. The van der Waals surface area contributed by atoms with Crippen molar-refractivity contribution in [2.45, 2.75) is 32.6 Å². The van der Waals surface area contributed by atoms with Gasteiger partial charge in [0.2, 0.25) is 0 Å². The highest BCUT2D eigenvalue weighted by Gasteiger charge is 2.14. The van der Waals surface area contributed by atoms with Crippen LogP contribution < -0.4 is 0 Å². The summed E-state index contributed by atoms with van der Waals surface area (Å²) in [6, 6.07) is 5.53. The van der Waals surface area contributed by atoms with E-state index in [-0.39, 0.29) is 5.78 Å². The number of carbonyl (C=O) groups excluding carboxylic acids is 1. The van der Waals surface area contributed by atoms with Crippen molar-refractivity contribution < 1.29 is 4.79 Å². The number of allylic oxidation sites excluding steroid dienone is 2. The molecule has 1 aromatic rings. The summed E-state index contributed by atoms with van der Waals surface area (Å²) in [5.41, 5.74) is 2.67. The third kappa shape index (κ3) is 2.35. The zero-order chi connectivity index (χ0) is 11.5. The zero-order valence-corrected chi connectivity index (χ0v) is 10.2. The number of ketones is 1. The number of hydrogen-bond donors (Lipinski definition) is 0. The third-order valence-corrected chi connectivity index (χ3v) is 3.42. The normalized spacial score (nSPS) is 15.8. The summed E-state index contributed by atoms with van der Waals surface area (Å²) in [4.78, 5) is 12.1. The third-order valence-electron chi connectivity index (χ3n) is 3.02. The molecule has 0 bridgehead atoms. The highest BCUT2D eigenvalue weighted by molar-refractivity contribution is 6.31. The van der Waals surface area contributed by atoms with Crippen molar-refractivity contribution in [3.05, 3.63) is 46.0 Å². The SMILES string of the molecule is Cc1ccc(C(=O)C2=CCCCC2)cc1Cl. The average Bonchev–Trinajstić information content (AvgIpc) is 2.33. The smallest absolute Gasteiger partial charge is 0.188 e. The summed E-state index contributed by atoms with van der Waals surface area (Å²) in [7, 11) is 0. The molecule has 2 rings (SSSR count). The number of carbonyl (C=O) groups is 1. The lowest BCUT2D eigenvalue weighted by Crippen LogP contribution is -2.06. The fourth-order valence-corrected chi connectivity index (χ4v) is 2.14. The molecule has 0 amide bonds. The van der Waals surface area contributed by atoms with Crippen LogP contribution in [0.4, 0.5) is 0 Å². The summed E-state index contributed by atoms with van der Waals surface area (Å²) in [6.45, 7) is 1.94. The maximum absolute atomic E-state index is 12.1. The highest BCUT2D eigenvalue weighted by Crippen LogP contribution is 2.23. The van der Waals surface area contributed by atoms with Gasteiger partial charge in [0, 0.05) is 10.6 Å². The van der Waals surface area contributed by atoms with E-state index in [1.807, 2.05) is 19.1 Å². The quantitative estimate of drug-likeness (QED) is 0.696. The molecule has 1 aliphatic rings. The molecule has 1 nitrogen and oxygen atoms in total. The standard InChI is InChI=1S/C14H15ClO/c1-10-7-8-12(9-13(10)15)14(16)11-5-3-2-4-6-11/h5,7-9H,2-4,6H2,1H3. The van der Waals surface area contributed by atoms with E-state index in [9.17, 15) is 4.79 Å². The Bertz CT molecular complexity index is 446. The van der Waals surface area contributed by atoms with Crippen molar-refractivity contribution in [2.75, 3.05) is 0 Å². The molecule has 0 spiro atoms. The second-order valence-corrected chi connectivity index (χ2v) is 4.68. The fraction of sp³-hybridized carbons (Fsp3) is 0.357. The topological polar surface area (TPSA) is 17.1 Å². The Hall–Kier alpha value is -1.08. The van der Waals surface area contributed by atoms with Crippen LogP contribution in [0.5, 0.6) is 0 Å². The monoisotopic (exact) mass is 234 g/mol. The van der Waals surface area contributed by atoms with Gasteiger partial charge in [-0.15, -0.1) is 0 Å². The van der Waals surface area contributed by atoms with E-state index in [1.165, 1.54) is 6.42 Å². The summed E-state index contributed by atoms with van der Waals surface area (Å²) in [5.74, 6) is 0.140. The van der Waals surface area contributed by atoms with E-state index >= 15 is 0 Å². The lowest BCUT2D eigenvalue weighted by atomic mass is 9.93.